The van der Waals surface area contributed by atoms with E-state index in [1.165, 1.54) is 19.3 Å². The Balaban J connectivity index is 2.60. The number of ether oxygens (including phenoxy) is 2. The monoisotopic (exact) mass is 265 g/mol. The lowest BCUT2D eigenvalue weighted by atomic mass is 10.0. The molecule has 0 radical (unpaired) electrons. The zero-order valence-corrected chi connectivity index (χ0v) is 12.4. The van der Waals surface area contributed by atoms with Crippen LogP contribution >= 0.6 is 0 Å². The van der Waals surface area contributed by atoms with E-state index in [0.29, 0.717) is 12.5 Å². The molecule has 0 aliphatic heterocycles. The number of nitrogens with two attached hydrogens (primary N) is 1. The fraction of sp³-hybridized carbons (Fsp3) is 0.625. The highest BCUT2D eigenvalue weighted by Gasteiger charge is 2.08. The average Bonchev–Trinajstić information content (AvgIpc) is 2.47. The summed E-state index contributed by atoms with van der Waals surface area (Å²) < 4.78 is 11.2. The SMILES string of the molecule is CCCCC(CC)COc1cc(CN)cc(OC)c1. The predicted molar refractivity (Wildman–Crippen MR) is 79.7 cm³/mol. The molecule has 3 nitrogen and oxygen atoms in total. The van der Waals surface area contributed by atoms with Gasteiger partial charge in [0.05, 0.1) is 13.7 Å². The Hall–Kier alpha value is -1.22. The lowest BCUT2D eigenvalue weighted by Crippen LogP contribution is -2.11. The Morgan fingerprint density at radius 3 is 2.47 bits per heavy atom. The molecule has 2 N–H and O–H groups in total. The predicted octanol–water partition coefficient (Wildman–Crippen LogP) is 3.75. The van der Waals surface area contributed by atoms with E-state index in [1.807, 2.05) is 18.2 Å². The van der Waals surface area contributed by atoms with Crippen molar-refractivity contribution in [2.75, 3.05) is 13.7 Å². The Morgan fingerprint density at radius 1 is 1.16 bits per heavy atom. The van der Waals surface area contributed by atoms with Gasteiger partial charge in [0, 0.05) is 12.6 Å². The van der Waals surface area contributed by atoms with Crippen LogP contribution in [0.25, 0.3) is 0 Å². The molecule has 0 fully saturated rings. The van der Waals surface area contributed by atoms with E-state index in [0.717, 1.165) is 30.1 Å². The quantitative estimate of drug-likeness (QED) is 0.739. The van der Waals surface area contributed by atoms with Crippen molar-refractivity contribution in [1.29, 1.82) is 0 Å². The second-order valence-corrected chi connectivity index (χ2v) is 4.95. The van der Waals surface area contributed by atoms with Crippen LogP contribution in [0.3, 0.4) is 0 Å². The Bertz CT molecular complexity index is 344. The minimum absolute atomic E-state index is 0.501. The van der Waals surface area contributed by atoms with Gasteiger partial charge in [-0.3, -0.25) is 0 Å². The average molecular weight is 265 g/mol. The summed E-state index contributed by atoms with van der Waals surface area (Å²) in [6.45, 7) is 5.72. The second kappa shape index (κ2) is 8.81. The van der Waals surface area contributed by atoms with Crippen LogP contribution in [0, 0.1) is 5.92 Å². The van der Waals surface area contributed by atoms with Crippen LogP contribution in [0.2, 0.25) is 0 Å². The molecule has 0 spiro atoms. The number of methoxy groups -OCH3 is 1. The molecule has 0 bridgehead atoms. The lowest BCUT2D eigenvalue weighted by Gasteiger charge is -2.16. The van der Waals surface area contributed by atoms with Gasteiger partial charge < -0.3 is 15.2 Å². The molecule has 0 saturated carbocycles. The molecule has 1 rings (SSSR count). The number of benzene rings is 1. The largest absolute Gasteiger partial charge is 0.497 e. The first-order valence-corrected chi connectivity index (χ1v) is 7.24. The molecule has 0 aliphatic rings. The van der Waals surface area contributed by atoms with Crippen molar-refractivity contribution in [3.05, 3.63) is 23.8 Å². The Kier molecular flexibility index (Phi) is 7.34. The summed E-state index contributed by atoms with van der Waals surface area (Å²) in [5, 5.41) is 0. The van der Waals surface area contributed by atoms with E-state index in [4.69, 9.17) is 15.2 Å². The van der Waals surface area contributed by atoms with Crippen LogP contribution < -0.4 is 15.2 Å². The number of rotatable bonds is 9. The number of hydrogen-bond acceptors (Lipinski definition) is 3. The van der Waals surface area contributed by atoms with Crippen LogP contribution in [-0.4, -0.2) is 13.7 Å². The van der Waals surface area contributed by atoms with E-state index in [-0.39, 0.29) is 0 Å². The van der Waals surface area contributed by atoms with Gasteiger partial charge in [-0.2, -0.15) is 0 Å². The van der Waals surface area contributed by atoms with Crippen molar-refractivity contribution in [2.24, 2.45) is 11.7 Å². The summed E-state index contributed by atoms with van der Waals surface area (Å²) in [5.74, 6) is 2.29. The smallest absolute Gasteiger partial charge is 0.123 e. The molecule has 1 aromatic rings. The molecule has 0 amide bonds. The summed E-state index contributed by atoms with van der Waals surface area (Å²) in [7, 11) is 1.66. The molecular weight excluding hydrogens is 238 g/mol. The molecule has 0 saturated heterocycles. The highest BCUT2D eigenvalue weighted by molar-refractivity contribution is 5.38. The van der Waals surface area contributed by atoms with Gasteiger partial charge in [-0.15, -0.1) is 0 Å². The molecule has 0 aliphatic carbocycles. The molecule has 1 unspecified atom stereocenters. The van der Waals surface area contributed by atoms with Crippen LogP contribution in [0.15, 0.2) is 18.2 Å². The van der Waals surface area contributed by atoms with Crippen LogP contribution in [0.4, 0.5) is 0 Å². The van der Waals surface area contributed by atoms with Gasteiger partial charge in [0.15, 0.2) is 0 Å². The first kappa shape index (κ1) is 15.8. The minimum Gasteiger partial charge on any atom is -0.497 e. The lowest BCUT2D eigenvalue weighted by molar-refractivity contribution is 0.232. The van der Waals surface area contributed by atoms with Crippen LogP contribution in [-0.2, 0) is 6.54 Å². The normalized spacial score (nSPS) is 12.2. The molecule has 108 valence electrons. The first-order chi connectivity index (χ1) is 9.23. The maximum absolute atomic E-state index is 5.91. The Morgan fingerprint density at radius 2 is 1.89 bits per heavy atom. The fourth-order valence-electron chi connectivity index (χ4n) is 2.06. The third-order valence-corrected chi connectivity index (χ3v) is 3.44. The van der Waals surface area contributed by atoms with Gasteiger partial charge in [-0.1, -0.05) is 33.1 Å². The van der Waals surface area contributed by atoms with Gasteiger partial charge >= 0.3 is 0 Å². The Labute approximate surface area is 117 Å². The maximum atomic E-state index is 5.91. The van der Waals surface area contributed by atoms with Crippen LogP contribution in [0.1, 0.15) is 45.1 Å². The van der Waals surface area contributed by atoms with Crippen molar-refractivity contribution in [2.45, 2.75) is 46.1 Å². The summed E-state index contributed by atoms with van der Waals surface area (Å²) >= 11 is 0. The van der Waals surface area contributed by atoms with Gasteiger partial charge in [0.1, 0.15) is 11.5 Å². The van der Waals surface area contributed by atoms with Gasteiger partial charge in [-0.25, -0.2) is 0 Å². The second-order valence-electron chi connectivity index (χ2n) is 4.95. The molecule has 3 heteroatoms. The molecule has 0 aromatic heterocycles. The van der Waals surface area contributed by atoms with E-state index in [9.17, 15) is 0 Å². The maximum Gasteiger partial charge on any atom is 0.123 e. The topological polar surface area (TPSA) is 44.5 Å². The summed E-state index contributed by atoms with van der Waals surface area (Å²) in [6.07, 6.45) is 4.91. The fourth-order valence-corrected chi connectivity index (χ4v) is 2.06. The summed E-state index contributed by atoms with van der Waals surface area (Å²) in [4.78, 5) is 0. The van der Waals surface area contributed by atoms with Crippen molar-refractivity contribution in [1.82, 2.24) is 0 Å². The molecule has 1 aromatic carbocycles. The van der Waals surface area contributed by atoms with Crippen molar-refractivity contribution in [3.8, 4) is 11.5 Å². The minimum atomic E-state index is 0.501. The van der Waals surface area contributed by atoms with E-state index >= 15 is 0 Å². The van der Waals surface area contributed by atoms with Gasteiger partial charge in [-0.05, 0) is 30.0 Å². The van der Waals surface area contributed by atoms with E-state index in [2.05, 4.69) is 13.8 Å². The molecular formula is C16H27NO2. The first-order valence-electron chi connectivity index (χ1n) is 7.24. The molecule has 0 heterocycles. The number of unbranched alkanes of at least 4 members (excludes halogenated alkanes) is 1. The van der Waals surface area contributed by atoms with Crippen molar-refractivity contribution < 1.29 is 9.47 Å². The van der Waals surface area contributed by atoms with Gasteiger partial charge in [0.2, 0.25) is 0 Å². The van der Waals surface area contributed by atoms with Crippen molar-refractivity contribution in [3.63, 3.8) is 0 Å². The third-order valence-electron chi connectivity index (χ3n) is 3.44. The highest BCUT2D eigenvalue weighted by atomic mass is 16.5. The third kappa shape index (κ3) is 5.52. The summed E-state index contributed by atoms with van der Waals surface area (Å²) in [5.41, 5.74) is 6.72. The highest BCUT2D eigenvalue weighted by Crippen LogP contribution is 2.24. The molecule has 1 atom stereocenters. The zero-order valence-electron chi connectivity index (χ0n) is 12.4. The van der Waals surface area contributed by atoms with E-state index in [1.54, 1.807) is 7.11 Å². The molecule has 19 heavy (non-hydrogen) atoms. The van der Waals surface area contributed by atoms with Crippen LogP contribution in [0.5, 0.6) is 11.5 Å². The summed E-state index contributed by atoms with van der Waals surface area (Å²) in [6, 6.07) is 5.86. The zero-order chi connectivity index (χ0) is 14.1. The van der Waals surface area contributed by atoms with Gasteiger partial charge in [0.25, 0.3) is 0 Å². The standard InChI is InChI=1S/C16H27NO2/c1-4-6-7-13(5-2)12-19-16-9-14(11-17)8-15(10-16)18-3/h8-10,13H,4-7,11-12,17H2,1-3H3. The van der Waals surface area contributed by atoms with E-state index < -0.39 is 0 Å². The van der Waals surface area contributed by atoms with Crippen molar-refractivity contribution >= 4 is 0 Å². The number of hydrogen-bond donors (Lipinski definition) is 1.